The fourth-order valence-corrected chi connectivity index (χ4v) is 3.00. The molecule has 0 radical (unpaired) electrons. The van der Waals surface area contributed by atoms with Gasteiger partial charge in [0.05, 0.1) is 6.61 Å². The van der Waals surface area contributed by atoms with Crippen LogP contribution in [0.3, 0.4) is 0 Å². The monoisotopic (exact) mass is 343 g/mol. The minimum absolute atomic E-state index is 0.122. The van der Waals surface area contributed by atoms with Gasteiger partial charge in [-0.2, -0.15) is 0 Å². The normalized spacial score (nSPS) is 19.7. The Balaban J connectivity index is 1.77. The van der Waals surface area contributed by atoms with Gasteiger partial charge in [0.25, 0.3) is 0 Å². The van der Waals surface area contributed by atoms with Crippen LogP contribution in [-0.2, 0) is 16.1 Å². The molecule has 1 unspecified atom stereocenters. The van der Waals surface area contributed by atoms with Crippen LogP contribution in [0.5, 0.6) is 11.5 Å². The summed E-state index contributed by atoms with van der Waals surface area (Å²) in [4.78, 5) is 13.7. The summed E-state index contributed by atoms with van der Waals surface area (Å²) >= 11 is 5.69. The highest BCUT2D eigenvalue weighted by molar-refractivity contribution is 6.27. The molecule has 0 aromatic heterocycles. The highest BCUT2D eigenvalue weighted by atomic mass is 35.5. The molecule has 5 nitrogen and oxygen atoms in total. The molecular formula is C16H19ClFNO4. The highest BCUT2D eigenvalue weighted by Crippen LogP contribution is 2.35. The Bertz CT molecular complexity index is 577. The van der Waals surface area contributed by atoms with Crippen LogP contribution in [0.2, 0.25) is 0 Å². The van der Waals surface area contributed by atoms with Crippen LogP contribution in [0.15, 0.2) is 12.1 Å². The molecule has 1 saturated heterocycles. The molecule has 0 spiro atoms. The molecule has 23 heavy (non-hydrogen) atoms. The number of alkyl halides is 1. The Morgan fingerprint density at radius 1 is 1.30 bits per heavy atom. The van der Waals surface area contributed by atoms with E-state index in [2.05, 4.69) is 0 Å². The summed E-state index contributed by atoms with van der Waals surface area (Å²) in [5, 5.41) is 0. The van der Waals surface area contributed by atoms with E-state index in [1.807, 2.05) is 0 Å². The lowest BCUT2D eigenvalue weighted by atomic mass is 10.1. The SMILES string of the molecule is O=C(CCl)N(Cc1ccc2c(c1F)OCCO2)CC1CCOC1. The van der Waals surface area contributed by atoms with Crippen molar-refractivity contribution in [3.8, 4) is 11.5 Å². The molecule has 1 fully saturated rings. The Morgan fingerprint density at radius 3 is 2.87 bits per heavy atom. The van der Waals surface area contributed by atoms with E-state index < -0.39 is 5.82 Å². The molecule has 0 saturated carbocycles. The van der Waals surface area contributed by atoms with Crippen molar-refractivity contribution in [3.63, 3.8) is 0 Å². The molecule has 1 amide bonds. The first-order valence-corrected chi connectivity index (χ1v) is 8.21. The number of halogens is 2. The molecule has 3 rings (SSSR count). The number of amides is 1. The van der Waals surface area contributed by atoms with E-state index >= 15 is 0 Å². The number of hydrogen-bond acceptors (Lipinski definition) is 4. The average Bonchev–Trinajstić information content (AvgIpc) is 3.09. The summed E-state index contributed by atoms with van der Waals surface area (Å²) in [6, 6.07) is 3.30. The fraction of sp³-hybridized carbons (Fsp3) is 0.562. The van der Waals surface area contributed by atoms with E-state index in [-0.39, 0.29) is 30.0 Å². The van der Waals surface area contributed by atoms with Gasteiger partial charge in [-0.3, -0.25) is 4.79 Å². The zero-order valence-corrected chi connectivity index (χ0v) is 13.5. The van der Waals surface area contributed by atoms with Gasteiger partial charge >= 0.3 is 0 Å². The fourth-order valence-electron chi connectivity index (χ4n) is 2.83. The van der Waals surface area contributed by atoms with Gasteiger partial charge in [0.1, 0.15) is 19.1 Å². The van der Waals surface area contributed by atoms with Crippen LogP contribution < -0.4 is 9.47 Å². The van der Waals surface area contributed by atoms with E-state index in [0.717, 1.165) is 6.42 Å². The Kier molecular flexibility index (Phi) is 5.23. The topological polar surface area (TPSA) is 48.0 Å². The van der Waals surface area contributed by atoms with Crippen molar-refractivity contribution < 1.29 is 23.4 Å². The van der Waals surface area contributed by atoms with Crippen molar-refractivity contribution in [2.24, 2.45) is 5.92 Å². The molecule has 1 aromatic rings. The number of carbonyl (C=O) groups is 1. The summed E-state index contributed by atoms with van der Waals surface area (Å²) in [6.45, 7) is 2.72. The van der Waals surface area contributed by atoms with E-state index in [4.69, 9.17) is 25.8 Å². The van der Waals surface area contributed by atoms with E-state index in [0.29, 0.717) is 44.3 Å². The van der Waals surface area contributed by atoms with Gasteiger partial charge in [-0.15, -0.1) is 11.6 Å². The van der Waals surface area contributed by atoms with Crippen molar-refractivity contribution in [1.29, 1.82) is 0 Å². The van der Waals surface area contributed by atoms with Gasteiger partial charge in [-0.1, -0.05) is 6.07 Å². The third-order valence-corrected chi connectivity index (χ3v) is 4.29. The highest BCUT2D eigenvalue weighted by Gasteiger charge is 2.25. The van der Waals surface area contributed by atoms with Crippen LogP contribution in [-0.4, -0.2) is 49.7 Å². The predicted molar refractivity (Wildman–Crippen MR) is 82.5 cm³/mol. The number of carbonyl (C=O) groups excluding carboxylic acids is 1. The standard InChI is InChI=1S/C16H19ClFNO4/c17-7-14(20)19(8-11-3-4-21-10-11)9-12-1-2-13-16(15(12)18)23-6-5-22-13/h1-2,11H,3-10H2. The second-order valence-electron chi connectivity index (χ2n) is 5.70. The lowest BCUT2D eigenvalue weighted by molar-refractivity contribution is -0.129. The van der Waals surface area contributed by atoms with Crippen LogP contribution in [0.1, 0.15) is 12.0 Å². The van der Waals surface area contributed by atoms with Crippen LogP contribution in [0.25, 0.3) is 0 Å². The molecule has 0 bridgehead atoms. The Morgan fingerprint density at radius 2 is 2.13 bits per heavy atom. The molecular weight excluding hydrogens is 325 g/mol. The van der Waals surface area contributed by atoms with Crippen LogP contribution in [0.4, 0.5) is 4.39 Å². The summed E-state index contributed by atoms with van der Waals surface area (Å²) in [5.74, 6) is -0.0274. The first kappa shape index (κ1) is 16.3. The minimum Gasteiger partial charge on any atom is -0.486 e. The molecule has 7 heteroatoms. The van der Waals surface area contributed by atoms with Gasteiger partial charge in [0.2, 0.25) is 5.91 Å². The maximum Gasteiger partial charge on any atom is 0.237 e. The molecule has 2 aliphatic rings. The third-order valence-electron chi connectivity index (χ3n) is 4.06. The largest absolute Gasteiger partial charge is 0.486 e. The number of rotatable bonds is 5. The number of hydrogen-bond donors (Lipinski definition) is 0. The smallest absolute Gasteiger partial charge is 0.237 e. The zero-order valence-electron chi connectivity index (χ0n) is 12.7. The molecule has 126 valence electrons. The minimum atomic E-state index is -0.475. The van der Waals surface area contributed by atoms with E-state index in [9.17, 15) is 9.18 Å². The first-order chi connectivity index (χ1) is 11.2. The van der Waals surface area contributed by atoms with Crippen molar-refractivity contribution in [3.05, 3.63) is 23.5 Å². The molecule has 2 heterocycles. The molecule has 1 aromatic carbocycles. The summed E-state index contributed by atoms with van der Waals surface area (Å²) in [7, 11) is 0. The van der Waals surface area contributed by atoms with Gasteiger partial charge < -0.3 is 19.1 Å². The molecule has 1 atom stereocenters. The van der Waals surface area contributed by atoms with E-state index in [1.165, 1.54) is 0 Å². The molecule has 0 aliphatic carbocycles. The van der Waals surface area contributed by atoms with Crippen molar-refractivity contribution in [1.82, 2.24) is 4.90 Å². The maximum absolute atomic E-state index is 14.6. The molecule has 2 aliphatic heterocycles. The van der Waals surface area contributed by atoms with Gasteiger partial charge in [-0.25, -0.2) is 4.39 Å². The van der Waals surface area contributed by atoms with Crippen molar-refractivity contribution in [2.75, 3.05) is 38.9 Å². The van der Waals surface area contributed by atoms with Gasteiger partial charge in [-0.05, 0) is 12.5 Å². The van der Waals surface area contributed by atoms with Gasteiger partial charge in [0, 0.05) is 31.2 Å². The predicted octanol–water partition coefficient (Wildman–Crippen LogP) is 2.20. The lowest BCUT2D eigenvalue weighted by Crippen LogP contribution is -2.36. The van der Waals surface area contributed by atoms with Crippen LogP contribution in [0, 0.1) is 11.7 Å². The lowest BCUT2D eigenvalue weighted by Gasteiger charge is -2.26. The second-order valence-corrected chi connectivity index (χ2v) is 5.97. The first-order valence-electron chi connectivity index (χ1n) is 7.67. The van der Waals surface area contributed by atoms with Crippen LogP contribution >= 0.6 is 11.6 Å². The summed E-state index contributed by atoms with van der Waals surface area (Å²) in [6.07, 6.45) is 0.898. The number of ether oxygens (including phenoxy) is 3. The maximum atomic E-state index is 14.6. The van der Waals surface area contributed by atoms with Gasteiger partial charge in [0.15, 0.2) is 17.3 Å². The Hall–Kier alpha value is -1.53. The summed E-state index contributed by atoms with van der Waals surface area (Å²) < 4.78 is 30.6. The Labute approximate surface area is 139 Å². The number of benzene rings is 1. The van der Waals surface area contributed by atoms with E-state index in [1.54, 1.807) is 17.0 Å². The van der Waals surface area contributed by atoms with Crippen molar-refractivity contribution in [2.45, 2.75) is 13.0 Å². The summed E-state index contributed by atoms with van der Waals surface area (Å²) in [5.41, 5.74) is 0.395. The average molecular weight is 344 g/mol. The number of fused-ring (bicyclic) bond motifs is 1. The second kappa shape index (κ2) is 7.36. The number of nitrogens with zero attached hydrogens (tertiary/aromatic N) is 1. The molecule has 0 N–H and O–H groups in total. The quantitative estimate of drug-likeness (QED) is 0.769. The third kappa shape index (κ3) is 3.70. The zero-order chi connectivity index (χ0) is 16.2. The van der Waals surface area contributed by atoms with Crippen molar-refractivity contribution >= 4 is 17.5 Å².